The molecule has 130 valence electrons. The van der Waals surface area contributed by atoms with Gasteiger partial charge in [-0.1, -0.05) is 36.4 Å². The minimum absolute atomic E-state index is 0.0132. The third-order valence-corrected chi connectivity index (χ3v) is 4.76. The van der Waals surface area contributed by atoms with E-state index in [1.807, 2.05) is 48.1 Å². The van der Waals surface area contributed by atoms with E-state index in [1.165, 1.54) is 6.07 Å². The highest BCUT2D eigenvalue weighted by molar-refractivity contribution is 6.14. The second kappa shape index (κ2) is 6.15. The number of nitrogens with one attached hydrogen (secondary N) is 1. The van der Waals surface area contributed by atoms with Gasteiger partial charge >= 0.3 is 5.97 Å². The summed E-state index contributed by atoms with van der Waals surface area (Å²) in [5.74, 6) is -1.17. The number of hydrogen-bond donors (Lipinski definition) is 2. The lowest BCUT2D eigenvalue weighted by Crippen LogP contribution is -2.34. The van der Waals surface area contributed by atoms with Gasteiger partial charge < -0.3 is 15.0 Å². The van der Waals surface area contributed by atoms with Crippen molar-refractivity contribution >= 4 is 17.4 Å². The van der Waals surface area contributed by atoms with Crippen LogP contribution in [0, 0.1) is 0 Å². The molecule has 0 saturated carbocycles. The van der Waals surface area contributed by atoms with Crippen LogP contribution in [0.2, 0.25) is 0 Å². The van der Waals surface area contributed by atoms with E-state index in [0.717, 1.165) is 11.4 Å². The molecule has 1 aliphatic rings. The first-order valence-corrected chi connectivity index (χ1v) is 8.27. The molecule has 0 bridgehead atoms. The van der Waals surface area contributed by atoms with Gasteiger partial charge in [-0.05, 0) is 17.7 Å². The van der Waals surface area contributed by atoms with E-state index in [9.17, 15) is 14.7 Å². The van der Waals surface area contributed by atoms with E-state index in [1.54, 1.807) is 18.3 Å². The molecule has 1 aliphatic heterocycles. The summed E-state index contributed by atoms with van der Waals surface area (Å²) in [6.07, 6.45) is 3.51. The van der Waals surface area contributed by atoms with Crippen LogP contribution in [0.5, 0.6) is 0 Å². The molecule has 0 spiro atoms. The van der Waals surface area contributed by atoms with Crippen molar-refractivity contribution in [3.05, 3.63) is 83.4 Å². The van der Waals surface area contributed by atoms with E-state index < -0.39 is 11.9 Å². The minimum Gasteiger partial charge on any atom is -0.478 e. The van der Waals surface area contributed by atoms with E-state index in [2.05, 4.69) is 10.3 Å². The van der Waals surface area contributed by atoms with Crippen molar-refractivity contribution in [3.8, 4) is 0 Å². The number of ketones is 1. The number of nitrogens with zero attached hydrogens (tertiary/aromatic N) is 2. The lowest BCUT2D eigenvalue weighted by Gasteiger charge is -2.34. The zero-order valence-electron chi connectivity index (χ0n) is 14.1. The normalized spacial score (nSPS) is 18.9. The Bertz CT molecular complexity index is 995. The SMILES string of the molecule is Cn1ccnc1C1Nc2cccc(C(=O)O)c2C(=O)C1c1ccccc1. The first-order chi connectivity index (χ1) is 12.6. The maximum absolute atomic E-state index is 13.4. The Morgan fingerprint density at radius 3 is 2.58 bits per heavy atom. The maximum atomic E-state index is 13.4. The average molecular weight is 347 g/mol. The summed E-state index contributed by atoms with van der Waals surface area (Å²) in [5.41, 5.74) is 1.58. The standard InChI is InChI=1S/C20H17N3O3/c1-23-11-10-21-19(23)17-15(12-6-3-2-4-7-12)18(24)16-13(20(25)26)8-5-9-14(16)22-17/h2-11,15,17,22H,1H3,(H,25,26). The van der Waals surface area contributed by atoms with Gasteiger partial charge in [-0.15, -0.1) is 0 Å². The van der Waals surface area contributed by atoms with Crippen molar-refractivity contribution in [2.24, 2.45) is 7.05 Å². The Kier molecular flexibility index (Phi) is 3.80. The van der Waals surface area contributed by atoms with Gasteiger partial charge in [0.25, 0.3) is 0 Å². The highest BCUT2D eigenvalue weighted by Gasteiger charge is 2.41. The number of Topliss-reactive ketones (excluding diaryl/α,β-unsaturated/α-hetero) is 1. The third-order valence-electron chi connectivity index (χ3n) is 4.76. The van der Waals surface area contributed by atoms with Gasteiger partial charge in [0, 0.05) is 25.1 Å². The Balaban J connectivity index is 1.93. The summed E-state index contributed by atoms with van der Waals surface area (Å²) in [5, 5.41) is 12.9. The molecule has 2 unspecified atom stereocenters. The number of carboxylic acids is 1. The zero-order chi connectivity index (χ0) is 18.3. The highest BCUT2D eigenvalue weighted by atomic mass is 16.4. The van der Waals surface area contributed by atoms with Crippen molar-refractivity contribution in [2.45, 2.75) is 12.0 Å². The molecule has 3 aromatic rings. The van der Waals surface area contributed by atoms with E-state index >= 15 is 0 Å². The maximum Gasteiger partial charge on any atom is 0.336 e. The molecule has 0 fully saturated rings. The molecule has 2 heterocycles. The van der Waals surface area contributed by atoms with Gasteiger partial charge in [0.1, 0.15) is 5.82 Å². The fourth-order valence-electron chi connectivity index (χ4n) is 3.57. The fraction of sp³-hybridized carbons (Fsp3) is 0.150. The van der Waals surface area contributed by atoms with Gasteiger partial charge in [-0.25, -0.2) is 9.78 Å². The molecular formula is C20H17N3O3. The lowest BCUT2D eigenvalue weighted by atomic mass is 9.79. The number of anilines is 1. The topological polar surface area (TPSA) is 84.2 Å². The second-order valence-corrected chi connectivity index (χ2v) is 6.30. The van der Waals surface area contributed by atoms with Crippen molar-refractivity contribution in [1.29, 1.82) is 0 Å². The first-order valence-electron chi connectivity index (χ1n) is 8.27. The zero-order valence-corrected chi connectivity index (χ0v) is 14.1. The van der Waals surface area contributed by atoms with E-state index in [-0.39, 0.29) is 23.0 Å². The van der Waals surface area contributed by atoms with Crippen LogP contribution < -0.4 is 5.32 Å². The van der Waals surface area contributed by atoms with Gasteiger partial charge in [0.05, 0.1) is 23.1 Å². The smallest absolute Gasteiger partial charge is 0.336 e. The monoisotopic (exact) mass is 347 g/mol. The number of aromatic nitrogens is 2. The number of hydrogen-bond acceptors (Lipinski definition) is 4. The number of aromatic carboxylic acids is 1. The van der Waals surface area contributed by atoms with Crippen LogP contribution in [0.15, 0.2) is 60.9 Å². The number of carbonyl (C=O) groups excluding carboxylic acids is 1. The number of carbonyl (C=O) groups is 2. The number of fused-ring (bicyclic) bond motifs is 1. The summed E-state index contributed by atoms with van der Waals surface area (Å²) in [4.78, 5) is 29.5. The number of rotatable bonds is 3. The predicted molar refractivity (Wildman–Crippen MR) is 96.5 cm³/mol. The molecule has 6 nitrogen and oxygen atoms in total. The number of benzene rings is 2. The van der Waals surface area contributed by atoms with Crippen LogP contribution in [0.3, 0.4) is 0 Å². The van der Waals surface area contributed by atoms with Crippen LogP contribution in [-0.4, -0.2) is 26.4 Å². The van der Waals surface area contributed by atoms with Crippen molar-refractivity contribution in [3.63, 3.8) is 0 Å². The Labute approximate surface area is 150 Å². The summed E-state index contributed by atoms with van der Waals surface area (Å²) in [6.45, 7) is 0. The number of carboxylic acid groups (broad SMARTS) is 1. The largest absolute Gasteiger partial charge is 0.478 e. The fourth-order valence-corrected chi connectivity index (χ4v) is 3.57. The Morgan fingerprint density at radius 2 is 1.92 bits per heavy atom. The summed E-state index contributed by atoms with van der Waals surface area (Å²) >= 11 is 0. The first kappa shape index (κ1) is 16.1. The van der Waals surface area contributed by atoms with Gasteiger partial charge in [0.15, 0.2) is 5.78 Å². The second-order valence-electron chi connectivity index (χ2n) is 6.30. The highest BCUT2D eigenvalue weighted by Crippen LogP contribution is 2.42. The molecule has 0 amide bonds. The van der Waals surface area contributed by atoms with Crippen LogP contribution in [0.1, 0.15) is 44.1 Å². The van der Waals surface area contributed by atoms with Crippen molar-refractivity contribution in [1.82, 2.24) is 9.55 Å². The number of aryl methyl sites for hydroxylation is 1. The summed E-state index contributed by atoms with van der Waals surface area (Å²) < 4.78 is 1.87. The van der Waals surface area contributed by atoms with E-state index in [4.69, 9.17) is 0 Å². The molecule has 0 aliphatic carbocycles. The van der Waals surface area contributed by atoms with Gasteiger partial charge in [-0.3, -0.25) is 4.79 Å². The molecule has 1 aromatic heterocycles. The molecule has 4 rings (SSSR count). The molecule has 6 heteroatoms. The summed E-state index contributed by atoms with van der Waals surface area (Å²) in [6, 6.07) is 13.8. The van der Waals surface area contributed by atoms with Gasteiger partial charge in [-0.2, -0.15) is 0 Å². The molecule has 2 N–H and O–H groups in total. The molecule has 26 heavy (non-hydrogen) atoms. The third kappa shape index (κ3) is 2.47. The van der Waals surface area contributed by atoms with E-state index in [0.29, 0.717) is 5.69 Å². The molecule has 0 saturated heterocycles. The molecule has 2 atom stereocenters. The van der Waals surface area contributed by atoms with Crippen LogP contribution in [-0.2, 0) is 7.05 Å². The molecular weight excluding hydrogens is 330 g/mol. The Morgan fingerprint density at radius 1 is 1.15 bits per heavy atom. The number of imidazole rings is 1. The van der Waals surface area contributed by atoms with Gasteiger partial charge in [0.2, 0.25) is 0 Å². The van der Waals surface area contributed by atoms with Crippen molar-refractivity contribution < 1.29 is 14.7 Å². The quantitative estimate of drug-likeness (QED) is 0.760. The average Bonchev–Trinajstić information content (AvgIpc) is 3.07. The molecule has 0 radical (unpaired) electrons. The lowest BCUT2D eigenvalue weighted by molar-refractivity contribution is 0.0690. The molecule has 2 aromatic carbocycles. The predicted octanol–water partition coefficient (Wildman–Crippen LogP) is 3.25. The van der Waals surface area contributed by atoms with Crippen molar-refractivity contribution in [2.75, 3.05) is 5.32 Å². The minimum atomic E-state index is -1.11. The Hall–Kier alpha value is -3.41. The van der Waals surface area contributed by atoms with Crippen LogP contribution in [0.4, 0.5) is 5.69 Å². The summed E-state index contributed by atoms with van der Waals surface area (Å²) in [7, 11) is 1.87. The van der Waals surface area contributed by atoms with Crippen LogP contribution >= 0.6 is 0 Å². The van der Waals surface area contributed by atoms with Crippen LogP contribution in [0.25, 0.3) is 0 Å².